The van der Waals surface area contributed by atoms with Gasteiger partial charge in [-0.2, -0.15) is 0 Å². The summed E-state index contributed by atoms with van der Waals surface area (Å²) in [6.07, 6.45) is 3.81. The van der Waals surface area contributed by atoms with Crippen LogP contribution in [0, 0.1) is 12.7 Å². The molecule has 2 saturated heterocycles. The van der Waals surface area contributed by atoms with E-state index in [1.807, 2.05) is 0 Å². The third kappa shape index (κ3) is 6.13. The molecule has 1 aromatic carbocycles. The van der Waals surface area contributed by atoms with Gasteiger partial charge in [-0.05, 0) is 43.9 Å². The van der Waals surface area contributed by atoms with Crippen molar-refractivity contribution in [2.45, 2.75) is 38.3 Å². The van der Waals surface area contributed by atoms with Gasteiger partial charge >= 0.3 is 6.03 Å². The average Bonchev–Trinajstić information content (AvgIpc) is 3.19. The van der Waals surface area contributed by atoms with Gasteiger partial charge in [0.05, 0.1) is 6.26 Å². The average molecular weight is 443 g/mol. The van der Waals surface area contributed by atoms with Gasteiger partial charge in [0, 0.05) is 57.2 Å². The van der Waals surface area contributed by atoms with Crippen LogP contribution in [0.1, 0.15) is 24.8 Å². The van der Waals surface area contributed by atoms with Crippen LogP contribution in [0.3, 0.4) is 0 Å². The number of aryl methyl sites for hydroxylation is 1. The van der Waals surface area contributed by atoms with E-state index in [2.05, 4.69) is 15.5 Å². The predicted molar refractivity (Wildman–Crippen MR) is 114 cm³/mol. The molecule has 0 aromatic heterocycles. The Morgan fingerprint density at radius 2 is 2.00 bits per heavy atom. The van der Waals surface area contributed by atoms with Crippen LogP contribution < -0.4 is 10.6 Å². The number of urea groups is 1. The molecular formula is C20H31FN4O4S. The highest BCUT2D eigenvalue weighted by Gasteiger charge is 2.35. The highest BCUT2D eigenvalue weighted by molar-refractivity contribution is 7.88. The lowest BCUT2D eigenvalue weighted by Crippen LogP contribution is -2.50. The van der Waals surface area contributed by atoms with Crippen molar-refractivity contribution in [3.8, 4) is 0 Å². The first-order chi connectivity index (χ1) is 14.2. The van der Waals surface area contributed by atoms with Crippen molar-refractivity contribution in [1.29, 1.82) is 0 Å². The summed E-state index contributed by atoms with van der Waals surface area (Å²) in [5.74, 6) is -0.366. The van der Waals surface area contributed by atoms with E-state index in [4.69, 9.17) is 4.74 Å². The largest absolute Gasteiger partial charge is 0.381 e. The summed E-state index contributed by atoms with van der Waals surface area (Å²) in [6, 6.07) is 4.60. The number of nitrogens with one attached hydrogen (secondary N) is 2. The Labute approximate surface area is 177 Å². The number of rotatable bonds is 7. The first-order valence-corrected chi connectivity index (χ1v) is 12.2. The van der Waals surface area contributed by atoms with Crippen LogP contribution in [0.5, 0.6) is 0 Å². The third-order valence-corrected chi connectivity index (χ3v) is 7.08. The van der Waals surface area contributed by atoms with E-state index < -0.39 is 16.1 Å². The summed E-state index contributed by atoms with van der Waals surface area (Å²) in [6.45, 7) is 5.07. The number of amides is 2. The molecule has 1 atom stereocenters. The number of ether oxygens (including phenoxy) is 1. The fourth-order valence-corrected chi connectivity index (χ4v) is 4.99. The summed E-state index contributed by atoms with van der Waals surface area (Å²) in [7, 11) is -3.20. The first-order valence-electron chi connectivity index (χ1n) is 10.3. The van der Waals surface area contributed by atoms with Crippen LogP contribution in [0.25, 0.3) is 0 Å². The predicted octanol–water partition coefficient (Wildman–Crippen LogP) is 1.77. The number of sulfonamides is 1. The SMILES string of the molecule is Cc1ccc(NC(=O)NCCN(C2CCOCC2)C2CCN(S(C)(=O)=O)C2)cc1F. The highest BCUT2D eigenvalue weighted by atomic mass is 32.2. The number of benzene rings is 1. The zero-order valence-corrected chi connectivity index (χ0v) is 18.4. The maximum absolute atomic E-state index is 13.6. The molecule has 2 N–H and O–H groups in total. The van der Waals surface area contributed by atoms with E-state index in [1.54, 1.807) is 19.1 Å². The Morgan fingerprint density at radius 1 is 1.27 bits per heavy atom. The number of hydrogen-bond acceptors (Lipinski definition) is 5. The van der Waals surface area contributed by atoms with E-state index in [9.17, 15) is 17.6 Å². The molecule has 1 aromatic rings. The number of carbonyl (C=O) groups excluding carboxylic acids is 1. The number of hydrogen-bond donors (Lipinski definition) is 2. The highest BCUT2D eigenvalue weighted by Crippen LogP contribution is 2.24. The first kappa shape index (κ1) is 22.9. The van der Waals surface area contributed by atoms with Crippen LogP contribution in [0.2, 0.25) is 0 Å². The zero-order valence-electron chi connectivity index (χ0n) is 17.6. The smallest absolute Gasteiger partial charge is 0.319 e. The Kier molecular flexibility index (Phi) is 7.67. The van der Waals surface area contributed by atoms with E-state index in [0.29, 0.717) is 56.7 Å². The summed E-state index contributed by atoms with van der Waals surface area (Å²) in [4.78, 5) is 14.5. The molecule has 0 saturated carbocycles. The maximum atomic E-state index is 13.6. The van der Waals surface area contributed by atoms with Crippen LogP contribution in [-0.2, 0) is 14.8 Å². The fourth-order valence-electron chi connectivity index (χ4n) is 4.11. The molecule has 2 aliphatic heterocycles. The second-order valence-electron chi connectivity index (χ2n) is 7.99. The Morgan fingerprint density at radius 3 is 2.63 bits per heavy atom. The summed E-state index contributed by atoms with van der Waals surface area (Å²) in [5, 5.41) is 5.47. The minimum absolute atomic E-state index is 0.124. The lowest BCUT2D eigenvalue weighted by atomic mass is 10.0. The molecule has 2 heterocycles. The van der Waals surface area contributed by atoms with Gasteiger partial charge in [0.25, 0.3) is 0 Å². The molecule has 10 heteroatoms. The van der Waals surface area contributed by atoms with Gasteiger partial charge in [0.1, 0.15) is 5.82 Å². The van der Waals surface area contributed by atoms with Crippen molar-refractivity contribution in [1.82, 2.24) is 14.5 Å². The lowest BCUT2D eigenvalue weighted by Gasteiger charge is -2.38. The summed E-state index contributed by atoms with van der Waals surface area (Å²) in [5.41, 5.74) is 0.921. The normalized spacial score (nSPS) is 21.1. The minimum Gasteiger partial charge on any atom is -0.381 e. The molecule has 2 fully saturated rings. The molecule has 2 aliphatic rings. The van der Waals surface area contributed by atoms with Crippen molar-refractivity contribution in [3.05, 3.63) is 29.6 Å². The maximum Gasteiger partial charge on any atom is 0.319 e. The molecule has 2 amide bonds. The molecular weight excluding hydrogens is 411 g/mol. The lowest BCUT2D eigenvalue weighted by molar-refractivity contribution is 0.0197. The summed E-state index contributed by atoms with van der Waals surface area (Å²) >= 11 is 0. The topological polar surface area (TPSA) is 91.0 Å². The van der Waals surface area contributed by atoms with E-state index >= 15 is 0 Å². The molecule has 168 valence electrons. The molecule has 0 aliphatic carbocycles. The van der Waals surface area contributed by atoms with Crippen LogP contribution in [0.15, 0.2) is 18.2 Å². The van der Waals surface area contributed by atoms with Gasteiger partial charge in [-0.25, -0.2) is 21.9 Å². The number of nitrogens with zero attached hydrogens (tertiary/aromatic N) is 2. The Balaban J connectivity index is 1.55. The van der Waals surface area contributed by atoms with Gasteiger partial charge in [-0.15, -0.1) is 0 Å². The Bertz CT molecular complexity index is 845. The van der Waals surface area contributed by atoms with Gasteiger partial charge < -0.3 is 15.4 Å². The minimum atomic E-state index is -3.20. The number of halogens is 1. The molecule has 3 rings (SSSR count). The van der Waals surface area contributed by atoms with Gasteiger partial charge in [0.2, 0.25) is 10.0 Å². The molecule has 0 radical (unpaired) electrons. The van der Waals surface area contributed by atoms with Gasteiger partial charge in [-0.3, -0.25) is 4.90 Å². The van der Waals surface area contributed by atoms with E-state index in [-0.39, 0.29) is 11.9 Å². The van der Waals surface area contributed by atoms with Gasteiger partial charge in [0.15, 0.2) is 0 Å². The third-order valence-electron chi connectivity index (χ3n) is 5.81. The van der Waals surface area contributed by atoms with Crippen LogP contribution in [-0.4, -0.2) is 81.4 Å². The van der Waals surface area contributed by atoms with Crippen molar-refractivity contribution in [2.24, 2.45) is 0 Å². The van der Waals surface area contributed by atoms with E-state index in [0.717, 1.165) is 19.3 Å². The van der Waals surface area contributed by atoms with Crippen LogP contribution in [0.4, 0.5) is 14.9 Å². The standard InChI is InChI=1S/C20H31FN4O4S/c1-15-3-4-16(13-19(15)21)23-20(26)22-8-10-25(17-6-11-29-12-7-17)18-5-9-24(14-18)30(2,27)28/h3-4,13,17-18H,5-12,14H2,1-2H3,(H2,22,23,26). The number of carbonyl (C=O) groups is 1. The van der Waals surface area contributed by atoms with E-state index in [1.165, 1.54) is 16.6 Å². The molecule has 1 unspecified atom stereocenters. The molecule has 30 heavy (non-hydrogen) atoms. The monoisotopic (exact) mass is 442 g/mol. The van der Waals surface area contributed by atoms with Gasteiger partial charge in [-0.1, -0.05) is 6.07 Å². The quantitative estimate of drug-likeness (QED) is 0.672. The van der Waals surface area contributed by atoms with Crippen molar-refractivity contribution >= 4 is 21.7 Å². The summed E-state index contributed by atoms with van der Waals surface area (Å²) < 4.78 is 44.4. The molecule has 8 nitrogen and oxygen atoms in total. The van der Waals surface area contributed by atoms with Crippen LogP contribution >= 0.6 is 0 Å². The fraction of sp³-hybridized carbons (Fsp3) is 0.650. The second-order valence-corrected chi connectivity index (χ2v) is 9.97. The molecule has 0 bridgehead atoms. The Hall–Kier alpha value is -1.75. The van der Waals surface area contributed by atoms with Crippen molar-refractivity contribution < 1.29 is 22.3 Å². The number of anilines is 1. The molecule has 0 spiro atoms. The van der Waals surface area contributed by atoms with Crippen molar-refractivity contribution in [2.75, 3.05) is 51.0 Å². The zero-order chi connectivity index (χ0) is 21.7. The van der Waals surface area contributed by atoms with Crippen molar-refractivity contribution in [3.63, 3.8) is 0 Å². The second kappa shape index (κ2) is 10.0.